The molecule has 1 unspecified atom stereocenters. The lowest BCUT2D eigenvalue weighted by Gasteiger charge is -2.07. The van der Waals surface area contributed by atoms with Crippen molar-refractivity contribution in [3.05, 3.63) is 29.8 Å². The van der Waals surface area contributed by atoms with E-state index in [0.717, 1.165) is 12.0 Å². The third-order valence-electron chi connectivity index (χ3n) is 2.53. The predicted molar refractivity (Wildman–Crippen MR) is 66.4 cm³/mol. The lowest BCUT2D eigenvalue weighted by atomic mass is 10.2. The summed E-state index contributed by atoms with van der Waals surface area (Å²) in [5, 5.41) is 0. The van der Waals surface area contributed by atoms with Gasteiger partial charge in [-0.25, -0.2) is 8.99 Å². The fourth-order valence-electron chi connectivity index (χ4n) is 1.39. The molecule has 0 aliphatic rings. The Bertz CT molecular complexity index is 477. The standard InChI is InChI=1S/C12H17NO3S/c1-3-10-4-6-11(7-5-10)17(13,15)9-8-12(14)16-2/h4-7,13H,3,8-9H2,1-2H3. The van der Waals surface area contributed by atoms with E-state index in [9.17, 15) is 9.00 Å². The van der Waals surface area contributed by atoms with Gasteiger partial charge in [-0.15, -0.1) is 0 Å². The first kappa shape index (κ1) is 13.7. The smallest absolute Gasteiger partial charge is 0.306 e. The van der Waals surface area contributed by atoms with E-state index >= 15 is 0 Å². The molecule has 0 radical (unpaired) electrons. The Balaban J connectivity index is 2.78. The predicted octanol–water partition coefficient (Wildman–Crippen LogP) is 2.22. The van der Waals surface area contributed by atoms with E-state index in [0.29, 0.717) is 4.90 Å². The van der Waals surface area contributed by atoms with Crippen molar-refractivity contribution in [2.45, 2.75) is 24.7 Å². The third kappa shape index (κ3) is 3.85. The van der Waals surface area contributed by atoms with Crippen LogP contribution in [-0.2, 0) is 25.7 Å². The Morgan fingerprint density at radius 3 is 2.41 bits per heavy atom. The maximum atomic E-state index is 12.1. The van der Waals surface area contributed by atoms with Crippen LogP contribution in [0.1, 0.15) is 18.9 Å². The first-order chi connectivity index (χ1) is 7.99. The van der Waals surface area contributed by atoms with E-state index in [-0.39, 0.29) is 12.2 Å². The summed E-state index contributed by atoms with van der Waals surface area (Å²) in [6.45, 7) is 2.03. The van der Waals surface area contributed by atoms with E-state index in [1.807, 2.05) is 19.1 Å². The molecule has 17 heavy (non-hydrogen) atoms. The van der Waals surface area contributed by atoms with Gasteiger partial charge in [0.2, 0.25) is 0 Å². The molecule has 5 heteroatoms. The molecule has 0 saturated carbocycles. The molecule has 1 atom stereocenters. The molecule has 0 spiro atoms. The van der Waals surface area contributed by atoms with Gasteiger partial charge in [0.05, 0.1) is 23.3 Å². The number of carbonyl (C=O) groups excluding carboxylic acids is 1. The van der Waals surface area contributed by atoms with Crippen LogP contribution >= 0.6 is 0 Å². The number of aryl methyl sites for hydroxylation is 1. The van der Waals surface area contributed by atoms with Gasteiger partial charge in [0.1, 0.15) is 0 Å². The van der Waals surface area contributed by atoms with Crippen molar-refractivity contribution in [2.24, 2.45) is 0 Å². The monoisotopic (exact) mass is 255 g/mol. The van der Waals surface area contributed by atoms with Gasteiger partial charge in [-0.05, 0) is 24.1 Å². The molecule has 0 aliphatic heterocycles. The quantitative estimate of drug-likeness (QED) is 0.820. The van der Waals surface area contributed by atoms with Crippen molar-refractivity contribution < 1.29 is 13.7 Å². The molecule has 0 amide bonds. The average molecular weight is 255 g/mol. The van der Waals surface area contributed by atoms with Crippen molar-refractivity contribution >= 4 is 15.7 Å². The second-order valence-electron chi connectivity index (χ2n) is 3.70. The largest absolute Gasteiger partial charge is 0.469 e. The molecule has 0 heterocycles. The molecule has 1 N–H and O–H groups in total. The van der Waals surface area contributed by atoms with Crippen molar-refractivity contribution in [2.75, 3.05) is 12.9 Å². The van der Waals surface area contributed by atoms with E-state index < -0.39 is 15.7 Å². The normalized spacial score (nSPS) is 14.0. The van der Waals surface area contributed by atoms with Crippen LogP contribution in [-0.4, -0.2) is 23.0 Å². The Labute approximate surface area is 102 Å². The van der Waals surface area contributed by atoms with Crippen LogP contribution < -0.4 is 0 Å². The summed E-state index contributed by atoms with van der Waals surface area (Å²) in [6.07, 6.45) is 0.913. The molecule has 0 saturated heterocycles. The summed E-state index contributed by atoms with van der Waals surface area (Å²) in [5.41, 5.74) is 1.14. The minimum Gasteiger partial charge on any atom is -0.469 e. The zero-order chi connectivity index (χ0) is 12.9. The molecule has 0 aliphatic carbocycles. The average Bonchev–Trinajstić information content (AvgIpc) is 2.36. The highest BCUT2D eigenvalue weighted by Gasteiger charge is 2.12. The first-order valence-corrected chi connectivity index (χ1v) is 7.14. The molecule has 0 fully saturated rings. The third-order valence-corrected chi connectivity index (χ3v) is 4.35. The lowest BCUT2D eigenvalue weighted by molar-refractivity contribution is -0.140. The molecule has 94 valence electrons. The molecule has 4 nitrogen and oxygen atoms in total. The van der Waals surface area contributed by atoms with Gasteiger partial charge in [0.25, 0.3) is 0 Å². The highest BCUT2D eigenvalue weighted by atomic mass is 32.2. The summed E-state index contributed by atoms with van der Waals surface area (Å²) in [4.78, 5) is 11.4. The number of carbonyl (C=O) groups is 1. The number of benzene rings is 1. The van der Waals surface area contributed by atoms with Crippen molar-refractivity contribution in [3.8, 4) is 0 Å². The summed E-state index contributed by atoms with van der Waals surface area (Å²) in [7, 11) is -1.61. The van der Waals surface area contributed by atoms with Crippen LogP contribution in [0.2, 0.25) is 0 Å². The van der Waals surface area contributed by atoms with Gasteiger partial charge in [-0.1, -0.05) is 19.1 Å². The minimum atomic E-state index is -2.89. The second-order valence-corrected chi connectivity index (χ2v) is 5.93. The van der Waals surface area contributed by atoms with Crippen LogP contribution in [0.25, 0.3) is 0 Å². The molecular formula is C12H17NO3S. The number of ether oxygens (including phenoxy) is 1. The highest BCUT2D eigenvalue weighted by molar-refractivity contribution is 7.92. The SMILES string of the molecule is CCc1ccc(S(=N)(=O)CCC(=O)OC)cc1. The van der Waals surface area contributed by atoms with Crippen LogP contribution in [0.3, 0.4) is 0 Å². The number of hydrogen-bond acceptors (Lipinski definition) is 4. The van der Waals surface area contributed by atoms with Gasteiger partial charge in [-0.2, -0.15) is 0 Å². The van der Waals surface area contributed by atoms with E-state index in [4.69, 9.17) is 4.78 Å². The summed E-state index contributed by atoms with van der Waals surface area (Å²) in [5.74, 6) is -0.430. The first-order valence-electron chi connectivity index (χ1n) is 5.42. The molecule has 1 aromatic rings. The zero-order valence-electron chi connectivity index (χ0n) is 10.1. The van der Waals surface area contributed by atoms with Gasteiger partial charge >= 0.3 is 5.97 Å². The van der Waals surface area contributed by atoms with Gasteiger partial charge in [0, 0.05) is 10.6 Å². The summed E-state index contributed by atoms with van der Waals surface area (Å²) < 4.78 is 24.3. The van der Waals surface area contributed by atoms with Crippen LogP contribution in [0.5, 0.6) is 0 Å². The second kappa shape index (κ2) is 5.82. The van der Waals surface area contributed by atoms with Gasteiger partial charge < -0.3 is 4.74 Å². The molecule has 1 rings (SSSR count). The number of hydrogen-bond donors (Lipinski definition) is 1. The Morgan fingerprint density at radius 2 is 1.94 bits per heavy atom. The summed E-state index contributed by atoms with van der Waals surface area (Å²) >= 11 is 0. The molecule has 1 aromatic carbocycles. The lowest BCUT2D eigenvalue weighted by Crippen LogP contribution is -2.11. The van der Waals surface area contributed by atoms with Gasteiger partial charge in [-0.3, -0.25) is 4.79 Å². The molecular weight excluding hydrogens is 238 g/mol. The number of methoxy groups -OCH3 is 1. The van der Waals surface area contributed by atoms with Crippen LogP contribution in [0, 0.1) is 4.78 Å². The highest BCUT2D eigenvalue weighted by Crippen LogP contribution is 2.14. The van der Waals surface area contributed by atoms with Crippen molar-refractivity contribution in [1.29, 1.82) is 4.78 Å². The maximum absolute atomic E-state index is 12.1. The maximum Gasteiger partial charge on any atom is 0.306 e. The number of nitrogens with one attached hydrogen (secondary N) is 1. The van der Waals surface area contributed by atoms with E-state index in [1.54, 1.807) is 12.1 Å². The zero-order valence-corrected chi connectivity index (χ0v) is 10.9. The Kier molecular flexibility index (Phi) is 4.69. The minimum absolute atomic E-state index is 0.00510. The fraction of sp³-hybridized carbons (Fsp3) is 0.417. The Morgan fingerprint density at radius 1 is 1.35 bits per heavy atom. The Hall–Kier alpha value is -1.36. The van der Waals surface area contributed by atoms with E-state index in [2.05, 4.69) is 4.74 Å². The fourth-order valence-corrected chi connectivity index (χ4v) is 2.66. The van der Waals surface area contributed by atoms with Crippen LogP contribution in [0.4, 0.5) is 0 Å². The van der Waals surface area contributed by atoms with Crippen molar-refractivity contribution in [1.82, 2.24) is 0 Å². The molecule has 0 bridgehead atoms. The number of rotatable bonds is 5. The van der Waals surface area contributed by atoms with E-state index in [1.165, 1.54) is 7.11 Å². The topological polar surface area (TPSA) is 67.2 Å². The van der Waals surface area contributed by atoms with Gasteiger partial charge in [0.15, 0.2) is 0 Å². The van der Waals surface area contributed by atoms with Crippen LogP contribution in [0.15, 0.2) is 29.2 Å². The number of esters is 1. The van der Waals surface area contributed by atoms with Crippen molar-refractivity contribution in [3.63, 3.8) is 0 Å². The summed E-state index contributed by atoms with van der Waals surface area (Å²) in [6, 6.07) is 7.13. The molecule has 0 aromatic heterocycles.